The van der Waals surface area contributed by atoms with Crippen LogP contribution in [0.15, 0.2) is 29.6 Å². The van der Waals surface area contributed by atoms with Crippen LogP contribution in [-0.2, 0) is 21.0 Å². The minimum atomic E-state index is -0.447. The molecule has 0 radical (unpaired) electrons. The van der Waals surface area contributed by atoms with Crippen LogP contribution in [0.4, 0.5) is 0 Å². The van der Waals surface area contributed by atoms with Crippen molar-refractivity contribution in [1.29, 1.82) is 0 Å². The van der Waals surface area contributed by atoms with Crippen molar-refractivity contribution in [3.05, 3.63) is 30.1 Å². The highest BCUT2D eigenvalue weighted by molar-refractivity contribution is 5.92. The fraction of sp³-hybridized carbons (Fsp3) is 0.619. The Labute approximate surface area is 165 Å². The monoisotopic (exact) mass is 384 g/mol. The molecule has 4 heterocycles. The van der Waals surface area contributed by atoms with Gasteiger partial charge in [0.2, 0.25) is 12.0 Å². The van der Waals surface area contributed by atoms with Gasteiger partial charge < -0.3 is 14.6 Å². The molecule has 1 atom stereocenters. The van der Waals surface area contributed by atoms with Crippen LogP contribution in [0.3, 0.4) is 0 Å². The first-order valence-electron chi connectivity index (χ1n) is 10.3. The minimum Gasteiger partial charge on any atom is -0.382 e. The maximum atomic E-state index is 12.7. The second kappa shape index (κ2) is 7.89. The summed E-state index contributed by atoms with van der Waals surface area (Å²) in [5.41, 5.74) is 1.99. The van der Waals surface area contributed by atoms with Crippen LogP contribution in [0.1, 0.15) is 51.1 Å². The van der Waals surface area contributed by atoms with Crippen LogP contribution in [-0.4, -0.2) is 58.0 Å². The summed E-state index contributed by atoms with van der Waals surface area (Å²) < 4.78 is 0. The first-order chi connectivity index (χ1) is 13.6. The van der Waals surface area contributed by atoms with E-state index in [9.17, 15) is 9.59 Å². The van der Waals surface area contributed by atoms with E-state index < -0.39 is 6.10 Å². The molecule has 1 spiro atoms. The predicted octanol–water partition coefficient (Wildman–Crippen LogP) is 2.37. The average Bonchev–Trinajstić information content (AvgIpc) is 3.21. The summed E-state index contributed by atoms with van der Waals surface area (Å²) in [6, 6.07) is 5.80. The molecule has 7 nitrogen and oxygen atoms in total. The molecule has 0 saturated carbocycles. The van der Waals surface area contributed by atoms with Gasteiger partial charge in [0.25, 0.3) is 5.91 Å². The lowest BCUT2D eigenvalue weighted by Crippen LogP contribution is -2.53. The number of carbonyl (C=O) groups is 2. The SMILES string of the molecule is CCC1=NO[C@H](C(=O)N2CCC3(CCC(=O)N(Cc4ccccn4)C3)CC2)C1. The molecule has 7 heteroatoms. The third-order valence-corrected chi connectivity index (χ3v) is 6.38. The molecule has 0 aromatic carbocycles. The molecule has 2 fully saturated rings. The molecule has 3 aliphatic rings. The maximum Gasteiger partial charge on any atom is 0.266 e. The zero-order valence-electron chi connectivity index (χ0n) is 16.5. The van der Waals surface area contributed by atoms with Crippen molar-refractivity contribution in [2.45, 2.75) is 58.1 Å². The van der Waals surface area contributed by atoms with Crippen LogP contribution in [0.5, 0.6) is 0 Å². The van der Waals surface area contributed by atoms with Crippen molar-refractivity contribution in [1.82, 2.24) is 14.8 Å². The van der Waals surface area contributed by atoms with Gasteiger partial charge in [0.15, 0.2) is 0 Å². The molecule has 0 N–H and O–H groups in total. The molecule has 3 aliphatic heterocycles. The third-order valence-electron chi connectivity index (χ3n) is 6.38. The van der Waals surface area contributed by atoms with E-state index in [4.69, 9.17) is 4.84 Å². The highest BCUT2D eigenvalue weighted by Gasteiger charge is 2.43. The lowest BCUT2D eigenvalue weighted by molar-refractivity contribution is -0.148. The van der Waals surface area contributed by atoms with Gasteiger partial charge in [-0.2, -0.15) is 0 Å². The lowest BCUT2D eigenvalue weighted by atomic mass is 9.72. The van der Waals surface area contributed by atoms with Gasteiger partial charge >= 0.3 is 0 Å². The number of oxime groups is 1. The summed E-state index contributed by atoms with van der Waals surface area (Å²) in [4.78, 5) is 38.8. The van der Waals surface area contributed by atoms with E-state index in [0.717, 1.165) is 56.7 Å². The average molecular weight is 384 g/mol. The maximum absolute atomic E-state index is 12.7. The highest BCUT2D eigenvalue weighted by atomic mass is 16.6. The number of carbonyl (C=O) groups excluding carboxylic acids is 2. The van der Waals surface area contributed by atoms with E-state index in [2.05, 4.69) is 10.1 Å². The summed E-state index contributed by atoms with van der Waals surface area (Å²) in [7, 11) is 0. The number of hydrogen-bond donors (Lipinski definition) is 0. The molecule has 1 aromatic heterocycles. The number of likely N-dealkylation sites (tertiary alicyclic amines) is 2. The molecular weight excluding hydrogens is 356 g/mol. The Balaban J connectivity index is 1.34. The Morgan fingerprint density at radius 3 is 2.79 bits per heavy atom. The molecule has 150 valence electrons. The van der Waals surface area contributed by atoms with Gasteiger partial charge in [-0.3, -0.25) is 14.6 Å². The summed E-state index contributed by atoms with van der Waals surface area (Å²) in [5.74, 6) is 0.262. The number of piperidine rings is 2. The van der Waals surface area contributed by atoms with Gasteiger partial charge in [-0.05, 0) is 43.2 Å². The molecular formula is C21H28N4O3. The van der Waals surface area contributed by atoms with Gasteiger partial charge in [-0.1, -0.05) is 18.1 Å². The number of nitrogens with zero attached hydrogens (tertiary/aromatic N) is 4. The Bertz CT molecular complexity index is 756. The molecule has 0 unspecified atom stereocenters. The van der Waals surface area contributed by atoms with Gasteiger partial charge in [-0.15, -0.1) is 0 Å². The van der Waals surface area contributed by atoms with Gasteiger partial charge in [0.1, 0.15) is 0 Å². The van der Waals surface area contributed by atoms with Crippen molar-refractivity contribution in [3.63, 3.8) is 0 Å². The molecule has 2 saturated heterocycles. The smallest absolute Gasteiger partial charge is 0.266 e. The van der Waals surface area contributed by atoms with Crippen molar-refractivity contribution in [3.8, 4) is 0 Å². The number of hydrogen-bond acceptors (Lipinski definition) is 5. The van der Waals surface area contributed by atoms with Gasteiger partial charge in [-0.25, -0.2) is 0 Å². The van der Waals surface area contributed by atoms with E-state index >= 15 is 0 Å². The van der Waals surface area contributed by atoms with Crippen LogP contribution in [0.2, 0.25) is 0 Å². The first-order valence-corrected chi connectivity index (χ1v) is 10.3. The van der Waals surface area contributed by atoms with Gasteiger partial charge in [0, 0.05) is 38.7 Å². The van der Waals surface area contributed by atoms with Gasteiger partial charge in [0.05, 0.1) is 18.0 Å². The van der Waals surface area contributed by atoms with E-state index in [1.807, 2.05) is 34.9 Å². The number of rotatable bonds is 4. The zero-order chi connectivity index (χ0) is 19.6. The Hall–Kier alpha value is -2.44. The quantitative estimate of drug-likeness (QED) is 0.799. The molecule has 4 rings (SSSR count). The topological polar surface area (TPSA) is 75.1 Å². The van der Waals surface area contributed by atoms with E-state index in [0.29, 0.717) is 19.4 Å². The number of pyridine rings is 1. The van der Waals surface area contributed by atoms with Crippen LogP contribution >= 0.6 is 0 Å². The molecule has 1 aromatic rings. The van der Waals surface area contributed by atoms with Crippen LogP contribution in [0.25, 0.3) is 0 Å². The molecule has 0 bridgehead atoms. The minimum absolute atomic E-state index is 0.0549. The number of aromatic nitrogens is 1. The Morgan fingerprint density at radius 1 is 1.29 bits per heavy atom. The normalized spacial score (nSPS) is 24.2. The highest BCUT2D eigenvalue weighted by Crippen LogP contribution is 2.40. The van der Waals surface area contributed by atoms with Crippen molar-refractivity contribution in [2.75, 3.05) is 19.6 Å². The number of amides is 2. The summed E-state index contributed by atoms with van der Waals surface area (Å²) >= 11 is 0. The van der Waals surface area contributed by atoms with Crippen molar-refractivity contribution >= 4 is 17.5 Å². The standard InChI is InChI=1S/C21H28N4O3/c1-2-16-13-18(28-23-16)20(27)24-11-8-21(9-12-24)7-6-19(26)25(15-21)14-17-5-3-4-10-22-17/h3-5,10,18H,2,6-9,11-15H2,1H3/t18-/m0/s1. The van der Waals surface area contributed by atoms with E-state index in [-0.39, 0.29) is 17.2 Å². The molecule has 0 aliphatic carbocycles. The first kappa shape index (κ1) is 18.9. The Morgan fingerprint density at radius 2 is 2.11 bits per heavy atom. The summed E-state index contributed by atoms with van der Waals surface area (Å²) in [6.07, 6.45) is 6.12. The van der Waals surface area contributed by atoms with E-state index in [1.165, 1.54) is 0 Å². The van der Waals surface area contributed by atoms with E-state index in [1.54, 1.807) is 6.20 Å². The van der Waals surface area contributed by atoms with Crippen LogP contribution in [0, 0.1) is 5.41 Å². The second-order valence-corrected chi connectivity index (χ2v) is 8.21. The van der Waals surface area contributed by atoms with Crippen molar-refractivity contribution < 1.29 is 14.4 Å². The van der Waals surface area contributed by atoms with Crippen molar-refractivity contribution in [2.24, 2.45) is 10.6 Å². The molecule has 28 heavy (non-hydrogen) atoms. The summed E-state index contributed by atoms with van der Waals surface area (Å²) in [6.45, 7) is 4.81. The second-order valence-electron chi connectivity index (χ2n) is 8.21. The zero-order valence-corrected chi connectivity index (χ0v) is 16.5. The third kappa shape index (κ3) is 3.88. The summed E-state index contributed by atoms with van der Waals surface area (Å²) in [5, 5.41) is 4.01. The Kier molecular flexibility index (Phi) is 5.33. The fourth-order valence-corrected chi connectivity index (χ4v) is 4.51. The largest absolute Gasteiger partial charge is 0.382 e. The lowest BCUT2D eigenvalue weighted by Gasteiger charge is -2.47. The fourth-order valence-electron chi connectivity index (χ4n) is 4.51. The van der Waals surface area contributed by atoms with Crippen LogP contribution < -0.4 is 0 Å². The molecule has 2 amide bonds. The predicted molar refractivity (Wildman–Crippen MR) is 104 cm³/mol.